The molecule has 0 spiro atoms. The zero-order valence-corrected chi connectivity index (χ0v) is 9.01. The highest BCUT2D eigenvalue weighted by Gasteiger charge is 2.07. The Balaban J connectivity index is 2.33. The van der Waals surface area contributed by atoms with Gasteiger partial charge in [-0.2, -0.15) is 5.32 Å². The van der Waals surface area contributed by atoms with E-state index < -0.39 is 6.09 Å². The van der Waals surface area contributed by atoms with Gasteiger partial charge in [0.25, 0.3) is 0 Å². The second-order valence-corrected chi connectivity index (χ2v) is 3.31. The summed E-state index contributed by atoms with van der Waals surface area (Å²) in [4.78, 5) is 11.3. The first-order valence-electron chi connectivity index (χ1n) is 5.17. The fourth-order valence-corrected chi connectivity index (χ4v) is 1.56. The van der Waals surface area contributed by atoms with Gasteiger partial charge in [-0.05, 0) is 18.4 Å². The van der Waals surface area contributed by atoms with Crippen LogP contribution < -0.4 is 5.32 Å². The van der Waals surface area contributed by atoms with Gasteiger partial charge in [-0.1, -0.05) is 36.4 Å². The summed E-state index contributed by atoms with van der Waals surface area (Å²) < 4.78 is 4.79. The molecule has 2 rings (SSSR count). The highest BCUT2D eigenvalue weighted by Crippen LogP contribution is 2.23. The summed E-state index contributed by atoms with van der Waals surface area (Å²) >= 11 is 0. The lowest BCUT2D eigenvalue weighted by Crippen LogP contribution is -2.12. The van der Waals surface area contributed by atoms with E-state index in [1.165, 1.54) is 0 Å². The molecule has 0 saturated heterocycles. The molecule has 0 aliphatic carbocycles. The molecule has 0 heterocycles. The van der Waals surface area contributed by atoms with Gasteiger partial charge < -0.3 is 4.74 Å². The molecule has 2 aromatic rings. The van der Waals surface area contributed by atoms with Crippen molar-refractivity contribution in [2.45, 2.75) is 6.92 Å². The van der Waals surface area contributed by atoms with Gasteiger partial charge in [0.05, 0.1) is 12.3 Å². The molecule has 3 nitrogen and oxygen atoms in total. The maximum Gasteiger partial charge on any atom is 0.434 e. The summed E-state index contributed by atoms with van der Waals surface area (Å²) in [6.07, 6.45) is -0.543. The number of hydrogen-bond donors (Lipinski definition) is 0. The average molecular weight is 214 g/mol. The van der Waals surface area contributed by atoms with E-state index >= 15 is 0 Å². The maximum absolute atomic E-state index is 11.3. The van der Waals surface area contributed by atoms with Gasteiger partial charge in [0.2, 0.25) is 0 Å². The largest absolute Gasteiger partial charge is 0.448 e. The number of benzene rings is 2. The molecule has 0 aromatic heterocycles. The van der Waals surface area contributed by atoms with Crippen molar-refractivity contribution in [3.05, 3.63) is 42.5 Å². The van der Waals surface area contributed by atoms with Crippen molar-refractivity contribution in [2.75, 3.05) is 6.61 Å². The van der Waals surface area contributed by atoms with E-state index in [-0.39, 0.29) is 0 Å². The van der Waals surface area contributed by atoms with Crippen LogP contribution in [0.4, 0.5) is 10.5 Å². The first-order chi connectivity index (χ1) is 7.81. The number of nitrogens with zero attached hydrogens (tertiary/aromatic N) is 1. The van der Waals surface area contributed by atoms with Crippen molar-refractivity contribution < 1.29 is 9.53 Å². The quantitative estimate of drug-likeness (QED) is 0.770. The van der Waals surface area contributed by atoms with Crippen molar-refractivity contribution >= 4 is 22.6 Å². The van der Waals surface area contributed by atoms with Crippen molar-refractivity contribution in [1.82, 2.24) is 5.32 Å². The summed E-state index contributed by atoms with van der Waals surface area (Å²) in [5, 5.41) is 5.94. The maximum atomic E-state index is 11.3. The van der Waals surface area contributed by atoms with E-state index in [9.17, 15) is 4.79 Å². The number of amides is 1. The van der Waals surface area contributed by atoms with Crippen molar-refractivity contribution in [3.8, 4) is 0 Å². The van der Waals surface area contributed by atoms with Gasteiger partial charge in [0, 0.05) is 5.39 Å². The molecule has 2 aromatic carbocycles. The molecule has 0 atom stereocenters. The van der Waals surface area contributed by atoms with Crippen molar-refractivity contribution in [1.29, 1.82) is 0 Å². The number of hydrogen-bond acceptors (Lipinski definition) is 2. The van der Waals surface area contributed by atoms with Gasteiger partial charge in [-0.3, -0.25) is 0 Å². The molecule has 0 aliphatic heterocycles. The zero-order valence-electron chi connectivity index (χ0n) is 9.01. The minimum absolute atomic E-state index is 0.340. The molecule has 0 aliphatic rings. The Morgan fingerprint density at radius 3 is 2.75 bits per heavy atom. The van der Waals surface area contributed by atoms with Crippen LogP contribution in [0, 0.1) is 0 Å². The van der Waals surface area contributed by atoms with Crippen LogP contribution in [0.15, 0.2) is 42.5 Å². The molecule has 0 saturated carbocycles. The van der Waals surface area contributed by atoms with E-state index in [4.69, 9.17) is 4.74 Å². The van der Waals surface area contributed by atoms with Gasteiger partial charge in [0.15, 0.2) is 0 Å². The van der Waals surface area contributed by atoms with Gasteiger partial charge in [0.1, 0.15) is 0 Å². The first kappa shape index (κ1) is 10.5. The summed E-state index contributed by atoms with van der Waals surface area (Å²) in [6, 6.07) is 13.5. The van der Waals surface area contributed by atoms with Gasteiger partial charge in [-0.25, -0.2) is 4.79 Å². The molecule has 81 valence electrons. The Morgan fingerprint density at radius 2 is 1.94 bits per heavy atom. The van der Waals surface area contributed by atoms with Gasteiger partial charge >= 0.3 is 6.09 Å². The topological polar surface area (TPSA) is 40.4 Å². The molecule has 3 heteroatoms. The summed E-state index contributed by atoms with van der Waals surface area (Å²) in [6.45, 7) is 2.10. The first-order valence-corrected chi connectivity index (χ1v) is 5.17. The lowest BCUT2D eigenvalue weighted by molar-refractivity contribution is 0.156. The number of fused-ring (bicyclic) bond motifs is 1. The highest BCUT2D eigenvalue weighted by molar-refractivity contribution is 5.95. The van der Waals surface area contributed by atoms with Crippen LogP contribution in [-0.2, 0) is 4.74 Å². The van der Waals surface area contributed by atoms with Crippen LogP contribution in [0.1, 0.15) is 6.92 Å². The second-order valence-electron chi connectivity index (χ2n) is 3.31. The molecule has 0 N–H and O–H groups in total. The standard InChI is InChI=1S/C13H12NO2/c1-2-16-13(15)14-12-9-5-7-10-6-3-4-8-11(10)12/h3-9H,2H2,1H3. The monoisotopic (exact) mass is 214 g/mol. The number of carbonyl (C=O) groups excluding carboxylic acids is 1. The Hall–Kier alpha value is -2.03. The fourth-order valence-electron chi connectivity index (χ4n) is 1.56. The Labute approximate surface area is 94.0 Å². The molecular weight excluding hydrogens is 202 g/mol. The third kappa shape index (κ3) is 2.14. The number of rotatable bonds is 2. The average Bonchev–Trinajstić information content (AvgIpc) is 2.30. The van der Waals surface area contributed by atoms with Crippen molar-refractivity contribution in [2.24, 2.45) is 0 Å². The van der Waals surface area contributed by atoms with E-state index in [0.717, 1.165) is 10.8 Å². The van der Waals surface area contributed by atoms with E-state index in [2.05, 4.69) is 5.32 Å². The van der Waals surface area contributed by atoms with E-state index in [1.807, 2.05) is 36.4 Å². The zero-order chi connectivity index (χ0) is 11.4. The fraction of sp³-hybridized carbons (Fsp3) is 0.154. The molecule has 0 bridgehead atoms. The SMILES string of the molecule is CCOC(=O)[N]c1cccc2ccccc12. The summed E-state index contributed by atoms with van der Waals surface area (Å²) in [5.41, 5.74) is 0.650. The molecule has 1 amide bonds. The third-order valence-electron chi connectivity index (χ3n) is 2.25. The summed E-state index contributed by atoms with van der Waals surface area (Å²) in [5.74, 6) is 0. The van der Waals surface area contributed by atoms with Crippen LogP contribution in [-0.4, -0.2) is 12.7 Å². The minimum atomic E-state index is -0.543. The number of ether oxygens (including phenoxy) is 1. The third-order valence-corrected chi connectivity index (χ3v) is 2.25. The Morgan fingerprint density at radius 1 is 1.19 bits per heavy atom. The normalized spacial score (nSPS) is 10.1. The Bertz CT molecular complexity index is 503. The summed E-state index contributed by atoms with van der Waals surface area (Å²) in [7, 11) is 0. The predicted octanol–water partition coefficient (Wildman–Crippen LogP) is 3.23. The van der Waals surface area contributed by atoms with Crippen LogP contribution in [0.5, 0.6) is 0 Å². The lowest BCUT2D eigenvalue weighted by atomic mass is 10.1. The molecule has 0 unspecified atom stereocenters. The predicted molar refractivity (Wildman–Crippen MR) is 62.8 cm³/mol. The Kier molecular flexibility index (Phi) is 3.05. The van der Waals surface area contributed by atoms with E-state index in [0.29, 0.717) is 12.3 Å². The van der Waals surface area contributed by atoms with E-state index in [1.54, 1.807) is 13.0 Å². The van der Waals surface area contributed by atoms with Crippen molar-refractivity contribution in [3.63, 3.8) is 0 Å². The molecular formula is C13H12NO2. The highest BCUT2D eigenvalue weighted by atomic mass is 16.5. The number of carbonyl (C=O) groups is 1. The molecule has 1 radical (unpaired) electrons. The van der Waals surface area contributed by atoms with Gasteiger partial charge in [-0.15, -0.1) is 0 Å². The lowest BCUT2D eigenvalue weighted by Gasteiger charge is -2.05. The van der Waals surface area contributed by atoms with Crippen LogP contribution in [0.2, 0.25) is 0 Å². The molecule has 0 fully saturated rings. The van der Waals surface area contributed by atoms with Crippen LogP contribution >= 0.6 is 0 Å². The minimum Gasteiger partial charge on any atom is -0.448 e. The smallest absolute Gasteiger partial charge is 0.434 e. The van der Waals surface area contributed by atoms with Crippen LogP contribution in [0.3, 0.4) is 0 Å². The second kappa shape index (κ2) is 4.66. The molecule has 16 heavy (non-hydrogen) atoms. The van der Waals surface area contributed by atoms with Crippen LogP contribution in [0.25, 0.3) is 10.8 Å².